The number of rotatable bonds is 5. The molecule has 25 heavy (non-hydrogen) atoms. The first-order chi connectivity index (χ1) is 12.1. The van der Waals surface area contributed by atoms with Crippen LogP contribution in [0.15, 0.2) is 30.3 Å². The average Bonchev–Trinajstić information content (AvgIpc) is 3.15. The standard InChI is InChI=1S/C18H21N3O4/c22-14(9-21-10-15(23)20-18(21)24)19-16-12-6-7-25-17(12)13(16)8-11-4-2-1-3-5-11/h1-5,12-13,16-17H,6-10H2,(H,19,22)(H,20,23,24)/t12-,13+,16-,17-/m0/s1. The monoisotopic (exact) mass is 343 g/mol. The summed E-state index contributed by atoms with van der Waals surface area (Å²) >= 11 is 0. The van der Waals surface area contributed by atoms with E-state index in [1.807, 2.05) is 18.2 Å². The number of carbonyl (C=O) groups excluding carboxylic acids is 3. The van der Waals surface area contributed by atoms with Crippen LogP contribution >= 0.6 is 0 Å². The lowest BCUT2D eigenvalue weighted by Gasteiger charge is -2.48. The molecule has 2 N–H and O–H groups in total. The van der Waals surface area contributed by atoms with Crippen molar-refractivity contribution >= 4 is 17.8 Å². The van der Waals surface area contributed by atoms with Gasteiger partial charge in [0.15, 0.2) is 0 Å². The van der Waals surface area contributed by atoms with Crippen LogP contribution in [0.1, 0.15) is 12.0 Å². The van der Waals surface area contributed by atoms with Gasteiger partial charge in [0.05, 0.1) is 6.10 Å². The number of urea groups is 1. The third kappa shape index (κ3) is 3.11. The first kappa shape index (κ1) is 16.1. The minimum atomic E-state index is -0.503. The van der Waals surface area contributed by atoms with Gasteiger partial charge in [0.25, 0.3) is 0 Å². The van der Waals surface area contributed by atoms with Gasteiger partial charge in [-0.1, -0.05) is 30.3 Å². The fourth-order valence-electron chi connectivity index (χ4n) is 4.19. The molecule has 2 heterocycles. The van der Waals surface area contributed by atoms with Gasteiger partial charge in [-0.15, -0.1) is 0 Å². The highest BCUT2D eigenvalue weighted by atomic mass is 16.5. The fourth-order valence-corrected chi connectivity index (χ4v) is 4.19. The number of imide groups is 1. The van der Waals surface area contributed by atoms with Crippen LogP contribution in [0.2, 0.25) is 0 Å². The van der Waals surface area contributed by atoms with E-state index in [9.17, 15) is 14.4 Å². The summed E-state index contributed by atoms with van der Waals surface area (Å²) in [5, 5.41) is 5.25. The minimum Gasteiger partial charge on any atom is -0.377 e. The molecule has 0 spiro atoms. The van der Waals surface area contributed by atoms with E-state index in [1.165, 1.54) is 10.5 Å². The Kier molecular flexibility index (Phi) is 4.17. The maximum Gasteiger partial charge on any atom is 0.325 e. The van der Waals surface area contributed by atoms with E-state index < -0.39 is 6.03 Å². The van der Waals surface area contributed by atoms with E-state index in [1.54, 1.807) is 0 Å². The van der Waals surface area contributed by atoms with Crippen molar-refractivity contribution in [3.8, 4) is 0 Å². The van der Waals surface area contributed by atoms with Crippen molar-refractivity contribution in [3.05, 3.63) is 35.9 Å². The van der Waals surface area contributed by atoms with E-state index in [2.05, 4.69) is 22.8 Å². The molecule has 4 amide bonds. The van der Waals surface area contributed by atoms with Gasteiger partial charge in [0, 0.05) is 24.5 Å². The van der Waals surface area contributed by atoms with Crippen LogP contribution < -0.4 is 10.6 Å². The summed E-state index contributed by atoms with van der Waals surface area (Å²) in [6.07, 6.45) is 2.00. The molecular formula is C18H21N3O4. The topological polar surface area (TPSA) is 87.7 Å². The molecule has 1 saturated carbocycles. The molecule has 4 atom stereocenters. The summed E-state index contributed by atoms with van der Waals surface area (Å²) < 4.78 is 5.84. The van der Waals surface area contributed by atoms with Crippen LogP contribution in [0.5, 0.6) is 0 Å². The van der Waals surface area contributed by atoms with Crippen molar-refractivity contribution in [1.82, 2.24) is 15.5 Å². The zero-order valence-electron chi connectivity index (χ0n) is 13.8. The Morgan fingerprint density at radius 2 is 2.08 bits per heavy atom. The highest BCUT2D eigenvalue weighted by Gasteiger charge is 2.54. The number of benzene rings is 1. The number of hydrogen-bond donors (Lipinski definition) is 2. The summed E-state index contributed by atoms with van der Waals surface area (Å²) in [7, 11) is 0. The molecule has 1 aliphatic carbocycles. The molecule has 1 aromatic rings. The summed E-state index contributed by atoms with van der Waals surface area (Å²) in [5.74, 6) is -0.00879. The lowest BCUT2D eigenvalue weighted by atomic mass is 9.64. The number of amides is 4. The summed E-state index contributed by atoms with van der Waals surface area (Å²) in [5.41, 5.74) is 1.23. The van der Waals surface area contributed by atoms with E-state index in [0.717, 1.165) is 19.4 Å². The lowest BCUT2D eigenvalue weighted by Crippen LogP contribution is -2.63. The smallest absolute Gasteiger partial charge is 0.325 e. The molecule has 7 nitrogen and oxygen atoms in total. The first-order valence-corrected chi connectivity index (χ1v) is 8.65. The van der Waals surface area contributed by atoms with Gasteiger partial charge in [0.1, 0.15) is 13.1 Å². The third-order valence-corrected chi connectivity index (χ3v) is 5.37. The second kappa shape index (κ2) is 6.48. The molecule has 0 radical (unpaired) electrons. The van der Waals surface area contributed by atoms with E-state index in [4.69, 9.17) is 4.74 Å². The Balaban J connectivity index is 1.38. The minimum absolute atomic E-state index is 0.0560. The molecule has 2 aliphatic heterocycles. The van der Waals surface area contributed by atoms with E-state index >= 15 is 0 Å². The van der Waals surface area contributed by atoms with Gasteiger partial charge < -0.3 is 15.0 Å². The normalized spacial score (nSPS) is 30.6. The Bertz CT molecular complexity index is 693. The van der Waals surface area contributed by atoms with E-state index in [0.29, 0.717) is 5.92 Å². The molecule has 0 bridgehead atoms. The molecule has 4 rings (SSSR count). The highest BCUT2D eigenvalue weighted by molar-refractivity contribution is 6.03. The maximum absolute atomic E-state index is 12.4. The molecule has 2 saturated heterocycles. The zero-order valence-corrected chi connectivity index (χ0v) is 13.8. The molecule has 132 valence electrons. The van der Waals surface area contributed by atoms with Gasteiger partial charge in [-0.05, 0) is 18.4 Å². The second-order valence-corrected chi connectivity index (χ2v) is 6.94. The SMILES string of the molecule is O=C1CN(CC(=O)N[C@@H]2[C@@H](Cc3ccccc3)[C@H]3OCC[C@@H]23)C(=O)N1. The van der Waals surface area contributed by atoms with Crippen LogP contribution in [-0.4, -0.2) is 54.6 Å². The largest absolute Gasteiger partial charge is 0.377 e. The molecule has 0 unspecified atom stereocenters. The van der Waals surface area contributed by atoms with Crippen molar-refractivity contribution in [2.45, 2.75) is 25.0 Å². The molecular weight excluding hydrogens is 322 g/mol. The quantitative estimate of drug-likeness (QED) is 0.753. The van der Waals surface area contributed by atoms with Gasteiger partial charge in [-0.25, -0.2) is 4.79 Å². The predicted molar refractivity (Wildman–Crippen MR) is 88.5 cm³/mol. The fraction of sp³-hybridized carbons (Fsp3) is 0.500. The number of ether oxygens (including phenoxy) is 1. The van der Waals surface area contributed by atoms with Gasteiger partial charge in [-0.2, -0.15) is 0 Å². The van der Waals surface area contributed by atoms with Crippen molar-refractivity contribution in [2.24, 2.45) is 11.8 Å². The zero-order chi connectivity index (χ0) is 17.4. The van der Waals surface area contributed by atoms with Crippen molar-refractivity contribution in [3.63, 3.8) is 0 Å². The molecule has 1 aromatic carbocycles. The molecule has 0 aromatic heterocycles. The Morgan fingerprint density at radius 1 is 1.28 bits per heavy atom. The van der Waals surface area contributed by atoms with Crippen LogP contribution in [0.4, 0.5) is 4.79 Å². The van der Waals surface area contributed by atoms with Crippen LogP contribution in [0.25, 0.3) is 0 Å². The lowest BCUT2D eigenvalue weighted by molar-refractivity contribution is -0.127. The Labute approximate surface area is 145 Å². The van der Waals surface area contributed by atoms with Gasteiger partial charge >= 0.3 is 6.03 Å². The third-order valence-electron chi connectivity index (χ3n) is 5.37. The van der Waals surface area contributed by atoms with Crippen molar-refractivity contribution in [2.75, 3.05) is 19.7 Å². The van der Waals surface area contributed by atoms with E-state index in [-0.39, 0.29) is 43.0 Å². The maximum atomic E-state index is 12.4. The first-order valence-electron chi connectivity index (χ1n) is 8.65. The van der Waals surface area contributed by atoms with Crippen molar-refractivity contribution in [1.29, 1.82) is 0 Å². The number of hydrogen-bond acceptors (Lipinski definition) is 4. The number of carbonyl (C=O) groups is 3. The number of nitrogens with one attached hydrogen (secondary N) is 2. The summed E-state index contributed by atoms with van der Waals surface area (Å²) in [6.45, 7) is 0.583. The van der Waals surface area contributed by atoms with Crippen LogP contribution in [0.3, 0.4) is 0 Å². The Morgan fingerprint density at radius 3 is 2.80 bits per heavy atom. The number of nitrogens with zero attached hydrogens (tertiary/aromatic N) is 1. The number of fused-ring (bicyclic) bond motifs is 1. The predicted octanol–water partition coefficient (Wildman–Crippen LogP) is 0.301. The van der Waals surface area contributed by atoms with Crippen LogP contribution in [0, 0.1) is 11.8 Å². The van der Waals surface area contributed by atoms with Gasteiger partial charge in [0.2, 0.25) is 11.8 Å². The summed E-state index contributed by atoms with van der Waals surface area (Å²) in [4.78, 5) is 36.4. The molecule has 3 fully saturated rings. The molecule has 7 heteroatoms. The van der Waals surface area contributed by atoms with Gasteiger partial charge in [-0.3, -0.25) is 14.9 Å². The average molecular weight is 343 g/mol. The van der Waals surface area contributed by atoms with Crippen molar-refractivity contribution < 1.29 is 19.1 Å². The summed E-state index contributed by atoms with van der Waals surface area (Å²) in [6, 6.07) is 9.73. The van der Waals surface area contributed by atoms with Crippen LogP contribution in [-0.2, 0) is 20.7 Å². The Hall–Kier alpha value is -2.41. The highest BCUT2D eigenvalue weighted by Crippen LogP contribution is 2.45. The second-order valence-electron chi connectivity index (χ2n) is 6.94. The molecule has 3 aliphatic rings.